The van der Waals surface area contributed by atoms with E-state index in [1.807, 2.05) is 12.1 Å². The molecule has 300 valence electrons. The molecule has 0 aliphatic carbocycles. The summed E-state index contributed by atoms with van der Waals surface area (Å²) in [6.45, 7) is 4.90. The summed E-state index contributed by atoms with van der Waals surface area (Å²) in [6.07, 6.45) is 9.34. The molecule has 15 heteroatoms. The zero-order valence-electron chi connectivity index (χ0n) is 32.0. The van der Waals surface area contributed by atoms with E-state index in [1.165, 1.54) is 12.5 Å². The first-order valence-corrected chi connectivity index (χ1v) is 20.0. The summed E-state index contributed by atoms with van der Waals surface area (Å²) in [7, 11) is 0. The first-order chi connectivity index (χ1) is 26.4. The van der Waals surface area contributed by atoms with E-state index in [2.05, 4.69) is 33.0 Å². The van der Waals surface area contributed by atoms with Crippen molar-refractivity contribution in [2.24, 2.45) is 0 Å². The molecule has 4 aliphatic heterocycles. The highest BCUT2D eigenvalue weighted by Gasteiger charge is 2.46. The molecule has 0 radical (unpaired) electrons. The predicted octanol–water partition coefficient (Wildman–Crippen LogP) is 2.22. The van der Waals surface area contributed by atoms with Crippen LogP contribution in [0.25, 0.3) is 0 Å². The fraction of sp³-hybridized carbons (Fsp3) is 0.650. The first-order valence-electron chi connectivity index (χ1n) is 20.0. The van der Waals surface area contributed by atoms with Crippen LogP contribution in [-0.2, 0) is 49.6 Å². The number of anilines is 2. The number of nitrogens with zero attached hydrogens (tertiary/aromatic N) is 4. The smallest absolute Gasteiger partial charge is 0.329 e. The van der Waals surface area contributed by atoms with Gasteiger partial charge in [0.25, 0.3) is 0 Å². The lowest BCUT2D eigenvalue weighted by molar-refractivity contribution is -0.171. The number of piperidine rings is 1. The van der Waals surface area contributed by atoms with Crippen LogP contribution >= 0.6 is 0 Å². The average molecular weight is 764 g/mol. The first kappa shape index (κ1) is 40.3. The summed E-state index contributed by atoms with van der Waals surface area (Å²) in [6, 6.07) is 6.95. The van der Waals surface area contributed by atoms with Crippen LogP contribution in [0.1, 0.15) is 93.6 Å². The number of carbonyl (C=O) groups excluding carboxylic acids is 3. The Hall–Kier alpha value is -4.34. The van der Waals surface area contributed by atoms with E-state index in [4.69, 9.17) is 14.7 Å². The minimum atomic E-state index is -1.45. The zero-order chi connectivity index (χ0) is 39.0. The fourth-order valence-corrected chi connectivity index (χ4v) is 8.19. The molecular weight excluding hydrogens is 706 g/mol. The molecule has 0 saturated carbocycles. The molecule has 2 amide bonds. The van der Waals surface area contributed by atoms with Gasteiger partial charge < -0.3 is 45.8 Å². The number of likely N-dealkylation sites (tertiary alicyclic amines) is 2. The van der Waals surface area contributed by atoms with Crippen molar-refractivity contribution in [2.45, 2.75) is 120 Å². The highest BCUT2D eigenvalue weighted by atomic mass is 16.5. The van der Waals surface area contributed by atoms with Gasteiger partial charge in [-0.05, 0) is 94.0 Å². The third-order valence-electron chi connectivity index (χ3n) is 11.4. The summed E-state index contributed by atoms with van der Waals surface area (Å²) >= 11 is 0. The number of rotatable bonds is 17. The fourth-order valence-electron chi connectivity index (χ4n) is 8.19. The van der Waals surface area contributed by atoms with Crippen LogP contribution in [0, 0.1) is 0 Å². The molecule has 1 unspecified atom stereocenters. The van der Waals surface area contributed by atoms with Gasteiger partial charge in [0.15, 0.2) is 6.04 Å². The average Bonchev–Trinajstić information content (AvgIpc) is 3.14. The lowest BCUT2D eigenvalue weighted by Crippen LogP contribution is -2.64. The van der Waals surface area contributed by atoms with E-state index in [0.717, 1.165) is 99.5 Å². The summed E-state index contributed by atoms with van der Waals surface area (Å²) < 4.78 is 5.73. The Labute approximate surface area is 322 Å². The van der Waals surface area contributed by atoms with E-state index in [-0.39, 0.29) is 44.4 Å². The second kappa shape index (κ2) is 18.1. The lowest BCUT2D eigenvalue weighted by Gasteiger charge is -2.46. The number of hydrogen-bond donors (Lipinski definition) is 6. The minimum absolute atomic E-state index is 0.00871. The van der Waals surface area contributed by atoms with Gasteiger partial charge in [-0.2, -0.15) is 0 Å². The largest absolute Gasteiger partial charge is 0.480 e. The van der Waals surface area contributed by atoms with E-state index >= 15 is 0 Å². The van der Waals surface area contributed by atoms with Gasteiger partial charge in [-0.3, -0.25) is 14.4 Å². The van der Waals surface area contributed by atoms with Crippen molar-refractivity contribution in [3.8, 4) is 0 Å². The molecule has 2 saturated heterocycles. The zero-order valence-corrected chi connectivity index (χ0v) is 32.0. The van der Waals surface area contributed by atoms with E-state index in [1.54, 1.807) is 4.90 Å². The van der Waals surface area contributed by atoms with Crippen LogP contribution in [0.5, 0.6) is 0 Å². The predicted molar refractivity (Wildman–Crippen MR) is 204 cm³/mol. The number of hydrogen-bond acceptors (Lipinski definition) is 12. The third kappa shape index (κ3) is 10.9. The van der Waals surface area contributed by atoms with Crippen LogP contribution in [0.4, 0.5) is 11.6 Å². The van der Waals surface area contributed by atoms with E-state index < -0.39 is 35.1 Å². The van der Waals surface area contributed by atoms with Crippen LogP contribution in [-0.4, -0.2) is 128 Å². The summed E-state index contributed by atoms with van der Waals surface area (Å²) in [4.78, 5) is 61.9. The third-order valence-corrected chi connectivity index (χ3v) is 11.4. The second-order valence-corrected chi connectivity index (χ2v) is 15.9. The number of ether oxygens (including phenoxy) is 1. The van der Waals surface area contributed by atoms with Crippen molar-refractivity contribution in [3.63, 3.8) is 0 Å². The van der Waals surface area contributed by atoms with E-state index in [0.29, 0.717) is 32.5 Å². The summed E-state index contributed by atoms with van der Waals surface area (Å²) in [5, 5.41) is 40.3. The maximum absolute atomic E-state index is 12.8. The van der Waals surface area contributed by atoms with Gasteiger partial charge in [0.2, 0.25) is 11.8 Å². The Morgan fingerprint density at radius 2 is 1.60 bits per heavy atom. The molecule has 2 aromatic heterocycles. The molecule has 15 nitrogen and oxygen atoms in total. The van der Waals surface area contributed by atoms with Gasteiger partial charge in [0.1, 0.15) is 23.3 Å². The molecule has 4 aliphatic rings. The molecule has 0 aromatic carbocycles. The molecule has 2 fully saturated rings. The van der Waals surface area contributed by atoms with Gasteiger partial charge in [0.05, 0.1) is 31.7 Å². The van der Waals surface area contributed by atoms with Crippen molar-refractivity contribution in [3.05, 3.63) is 46.8 Å². The Balaban J connectivity index is 0.827. The number of unbranched alkanes of at least 4 members (excludes halogenated alkanes) is 3. The lowest BCUT2D eigenvalue weighted by atomic mass is 9.84. The number of amides is 2. The van der Waals surface area contributed by atoms with Crippen LogP contribution in [0.2, 0.25) is 0 Å². The Bertz CT molecular complexity index is 1690. The van der Waals surface area contributed by atoms with Gasteiger partial charge in [-0.1, -0.05) is 18.6 Å². The number of β-amino-alcohol motifs (C(OH)–C–C–N with tert-alkyl or cyclic N) is 1. The number of aliphatic carboxylic acids is 1. The molecular formula is C40H57N7O8. The van der Waals surface area contributed by atoms with Crippen LogP contribution in [0.3, 0.4) is 0 Å². The number of pyridine rings is 2. The van der Waals surface area contributed by atoms with Gasteiger partial charge in [-0.15, -0.1) is 0 Å². The number of carbonyl (C=O) groups is 4. The normalized spacial score (nSPS) is 20.4. The molecule has 2 atom stereocenters. The van der Waals surface area contributed by atoms with Crippen molar-refractivity contribution >= 4 is 35.4 Å². The molecule has 2 aromatic rings. The number of fused-ring (bicyclic) bond motifs is 2. The van der Waals surface area contributed by atoms with Crippen LogP contribution in [0.15, 0.2) is 24.3 Å². The Morgan fingerprint density at radius 3 is 2.29 bits per heavy atom. The van der Waals surface area contributed by atoms with Crippen molar-refractivity contribution in [2.75, 3.05) is 56.4 Å². The topological polar surface area (TPSA) is 207 Å². The minimum Gasteiger partial charge on any atom is -0.480 e. The monoisotopic (exact) mass is 763 g/mol. The van der Waals surface area contributed by atoms with Crippen molar-refractivity contribution < 1.29 is 39.2 Å². The number of carboxylic acid groups (broad SMARTS) is 1. The number of esters is 1. The van der Waals surface area contributed by atoms with Crippen LogP contribution < -0.4 is 16.0 Å². The standard InChI is InChI=1S/C40H57N7O8/c1-27(48)43-35(38(51)52)40(54)16-20-46(21-17-40)19-6-2-3-9-30-15-13-29-22-32(24-42-37(29)45-30)55-34(50)23-39(53)25-47(26-39)33(49)11-5-4-10-31-14-12-28-8-7-18-41-36(28)44-31/h12-15,32,35,53-54H,2-11,16-26H2,1H3,(H,41,44)(H,42,45)(H,43,48)(H,51,52)/t32?,35-/m0/s1. The maximum Gasteiger partial charge on any atom is 0.329 e. The Kier molecular flexibility index (Phi) is 13.3. The summed E-state index contributed by atoms with van der Waals surface area (Å²) in [5.74, 6) is -0.397. The van der Waals surface area contributed by atoms with Gasteiger partial charge >= 0.3 is 11.9 Å². The second-order valence-electron chi connectivity index (χ2n) is 15.9. The quantitative estimate of drug-likeness (QED) is 0.101. The number of aliphatic hydroxyl groups is 2. The number of carboxylic acids is 1. The molecule has 0 spiro atoms. The molecule has 6 rings (SSSR count). The molecule has 0 bridgehead atoms. The summed E-state index contributed by atoms with van der Waals surface area (Å²) in [5.41, 5.74) is 1.54. The highest BCUT2D eigenvalue weighted by Crippen LogP contribution is 2.29. The van der Waals surface area contributed by atoms with Gasteiger partial charge in [-0.25, -0.2) is 14.8 Å². The number of aromatic nitrogens is 2. The highest BCUT2D eigenvalue weighted by molar-refractivity contribution is 5.83. The van der Waals surface area contributed by atoms with Crippen molar-refractivity contribution in [1.29, 1.82) is 0 Å². The molecule has 6 N–H and O–H groups in total. The Morgan fingerprint density at radius 1 is 0.927 bits per heavy atom. The SMILES string of the molecule is CC(=O)N[C@@H](C(=O)O)C1(O)CCN(CCCCCc2ccc3c(n2)NCC(OC(=O)CC2(O)CN(C(=O)CCCCc4ccc5c(n4)NCCC5)C2)C3)CC1. The maximum atomic E-state index is 12.8. The van der Waals surface area contributed by atoms with Crippen molar-refractivity contribution in [1.82, 2.24) is 25.1 Å². The molecule has 55 heavy (non-hydrogen) atoms. The number of aryl methyl sites for hydroxylation is 3. The van der Waals surface area contributed by atoms with E-state index in [9.17, 15) is 34.5 Å². The van der Waals surface area contributed by atoms with Gasteiger partial charge in [0, 0.05) is 50.8 Å². The molecule has 6 heterocycles. The number of nitrogens with one attached hydrogen (secondary N) is 3.